The van der Waals surface area contributed by atoms with Gasteiger partial charge in [-0.1, -0.05) is 17.7 Å². The van der Waals surface area contributed by atoms with Crippen LogP contribution < -0.4 is 5.73 Å². The van der Waals surface area contributed by atoms with Crippen LogP contribution in [0.25, 0.3) is 0 Å². The van der Waals surface area contributed by atoms with E-state index in [2.05, 4.69) is 0 Å². The van der Waals surface area contributed by atoms with E-state index in [0.717, 1.165) is 0 Å². The van der Waals surface area contributed by atoms with Gasteiger partial charge in [0.15, 0.2) is 0 Å². The first kappa shape index (κ1) is 11.0. The third-order valence-corrected chi connectivity index (χ3v) is 2.35. The molecule has 0 aliphatic carbocycles. The topological polar surface area (TPSA) is 70.0 Å². The minimum Gasteiger partial charge on any atom is -0.391 e. The van der Waals surface area contributed by atoms with E-state index in [1.54, 1.807) is 25.1 Å². The first-order valence-corrected chi connectivity index (χ1v) is 4.57. The number of hydrogen-bond acceptors (Lipinski definition) is 3. The highest BCUT2D eigenvalue weighted by Crippen LogP contribution is 2.21. The molecule has 0 unspecified atom stereocenters. The minimum atomic E-state index is -0.650. The van der Waals surface area contributed by atoms with E-state index < -0.39 is 12.1 Å². The van der Waals surface area contributed by atoms with Gasteiger partial charge >= 0.3 is 0 Å². The summed E-state index contributed by atoms with van der Waals surface area (Å²) in [6, 6.07) is 6.39. The average Bonchev–Trinajstić information content (AvgIpc) is 2.17. The highest BCUT2D eigenvalue weighted by atomic mass is 35.5. The van der Waals surface area contributed by atoms with Crippen molar-refractivity contribution in [2.75, 3.05) is 0 Å². The Hall–Kier alpha value is -1.08. The second kappa shape index (κ2) is 4.43. The molecule has 74 valence electrons. The number of aliphatic hydroxyl groups is 1. The quantitative estimate of drug-likeness (QED) is 0.779. The predicted molar refractivity (Wildman–Crippen MR) is 54.8 cm³/mol. The summed E-state index contributed by atoms with van der Waals surface area (Å²) in [5.74, 6) is 0. The molecule has 0 aliphatic rings. The Labute approximate surface area is 87.7 Å². The predicted octanol–water partition coefficient (Wildman–Crippen LogP) is 1.59. The van der Waals surface area contributed by atoms with Gasteiger partial charge in [0.2, 0.25) is 0 Å². The normalized spacial score (nSPS) is 14.5. The molecule has 0 spiro atoms. The van der Waals surface area contributed by atoms with Crippen molar-refractivity contribution in [1.82, 2.24) is 0 Å². The monoisotopic (exact) mass is 210 g/mol. The molecule has 3 nitrogen and oxygen atoms in total. The molecule has 1 aromatic rings. The third kappa shape index (κ3) is 2.24. The maximum absolute atomic E-state index is 9.27. The third-order valence-electron chi connectivity index (χ3n) is 2.02. The van der Waals surface area contributed by atoms with Crippen LogP contribution in [0.3, 0.4) is 0 Å². The zero-order valence-electron chi connectivity index (χ0n) is 7.74. The summed E-state index contributed by atoms with van der Waals surface area (Å²) in [5.41, 5.74) is 6.79. The molecule has 3 N–H and O–H groups in total. The Morgan fingerprint density at radius 1 is 1.57 bits per heavy atom. The van der Waals surface area contributed by atoms with E-state index in [0.29, 0.717) is 16.1 Å². The number of benzene rings is 1. The summed E-state index contributed by atoms with van der Waals surface area (Å²) < 4.78 is 0. The van der Waals surface area contributed by atoms with Crippen LogP contribution in [0.15, 0.2) is 18.2 Å². The van der Waals surface area contributed by atoms with E-state index in [1.807, 2.05) is 6.07 Å². The van der Waals surface area contributed by atoms with Crippen molar-refractivity contribution in [2.24, 2.45) is 5.73 Å². The summed E-state index contributed by atoms with van der Waals surface area (Å²) >= 11 is 5.75. The summed E-state index contributed by atoms with van der Waals surface area (Å²) in [5, 5.41) is 18.4. The molecule has 0 saturated carbocycles. The molecule has 2 atom stereocenters. The Bertz CT molecular complexity index is 371. The second-order valence-corrected chi connectivity index (χ2v) is 3.52. The van der Waals surface area contributed by atoms with Crippen molar-refractivity contribution >= 4 is 11.6 Å². The largest absolute Gasteiger partial charge is 0.391 e. The van der Waals surface area contributed by atoms with E-state index in [9.17, 15) is 5.11 Å². The van der Waals surface area contributed by atoms with Gasteiger partial charge in [-0.25, -0.2) is 0 Å². The lowest BCUT2D eigenvalue weighted by Crippen LogP contribution is -2.23. The van der Waals surface area contributed by atoms with Crippen LogP contribution in [0, 0.1) is 11.3 Å². The van der Waals surface area contributed by atoms with Crippen LogP contribution in [0.1, 0.15) is 24.1 Å². The molecule has 0 aromatic heterocycles. The van der Waals surface area contributed by atoms with Crippen LogP contribution in [0.4, 0.5) is 0 Å². The number of nitriles is 1. The summed E-state index contributed by atoms with van der Waals surface area (Å²) in [6.45, 7) is 1.60. The fraction of sp³-hybridized carbons (Fsp3) is 0.300. The van der Waals surface area contributed by atoms with Crippen molar-refractivity contribution in [3.05, 3.63) is 34.3 Å². The average molecular weight is 211 g/mol. The van der Waals surface area contributed by atoms with Crippen molar-refractivity contribution in [3.63, 3.8) is 0 Å². The standard InChI is InChI=1S/C10H11ClN2O/c1-6(14)10(13)7-2-3-9(11)8(4-7)5-12/h2-4,6,10,14H,13H2,1H3/t6-,10+/m0/s1. The van der Waals surface area contributed by atoms with Gasteiger partial charge in [0, 0.05) is 0 Å². The zero-order valence-corrected chi connectivity index (χ0v) is 8.49. The number of aliphatic hydroxyl groups excluding tert-OH is 1. The highest BCUT2D eigenvalue weighted by Gasteiger charge is 2.13. The second-order valence-electron chi connectivity index (χ2n) is 3.12. The van der Waals surface area contributed by atoms with Crippen LogP contribution >= 0.6 is 11.6 Å². The van der Waals surface area contributed by atoms with Crippen LogP contribution in [0.2, 0.25) is 5.02 Å². The van der Waals surface area contributed by atoms with Gasteiger partial charge in [-0.3, -0.25) is 0 Å². The van der Waals surface area contributed by atoms with Gasteiger partial charge in [0.1, 0.15) is 6.07 Å². The molecule has 0 radical (unpaired) electrons. The first-order chi connectivity index (χ1) is 6.56. The molecule has 0 heterocycles. The molecule has 0 fully saturated rings. The van der Waals surface area contributed by atoms with Gasteiger partial charge in [0.25, 0.3) is 0 Å². The SMILES string of the molecule is C[C@H](O)[C@@H](N)c1ccc(Cl)c(C#N)c1. The number of nitrogens with two attached hydrogens (primary N) is 1. The molecule has 4 heteroatoms. The zero-order chi connectivity index (χ0) is 10.7. The van der Waals surface area contributed by atoms with Crippen LogP contribution in [-0.2, 0) is 0 Å². The summed E-state index contributed by atoms with van der Waals surface area (Å²) in [6.07, 6.45) is -0.650. The Morgan fingerprint density at radius 2 is 2.21 bits per heavy atom. The van der Waals surface area contributed by atoms with Crippen LogP contribution in [-0.4, -0.2) is 11.2 Å². The molecule has 0 amide bonds. The molecular weight excluding hydrogens is 200 g/mol. The number of nitrogens with zero attached hydrogens (tertiary/aromatic N) is 1. The van der Waals surface area contributed by atoms with E-state index in [-0.39, 0.29) is 0 Å². The van der Waals surface area contributed by atoms with E-state index >= 15 is 0 Å². The number of hydrogen-bond donors (Lipinski definition) is 2. The van der Waals surface area contributed by atoms with Crippen molar-refractivity contribution < 1.29 is 5.11 Å². The molecule has 0 aliphatic heterocycles. The molecule has 1 aromatic carbocycles. The van der Waals surface area contributed by atoms with Crippen molar-refractivity contribution in [2.45, 2.75) is 19.1 Å². The maximum Gasteiger partial charge on any atom is 0.101 e. The molecule has 0 bridgehead atoms. The number of rotatable bonds is 2. The van der Waals surface area contributed by atoms with E-state index in [4.69, 9.17) is 22.6 Å². The van der Waals surface area contributed by atoms with Gasteiger partial charge in [-0.05, 0) is 24.6 Å². The molecule has 14 heavy (non-hydrogen) atoms. The van der Waals surface area contributed by atoms with Crippen LogP contribution in [0.5, 0.6) is 0 Å². The van der Waals surface area contributed by atoms with Gasteiger partial charge in [0.05, 0.1) is 22.7 Å². The smallest absolute Gasteiger partial charge is 0.101 e. The lowest BCUT2D eigenvalue weighted by atomic mass is 10.0. The van der Waals surface area contributed by atoms with Gasteiger partial charge in [-0.2, -0.15) is 5.26 Å². The molecule has 1 rings (SSSR count). The fourth-order valence-corrected chi connectivity index (χ4v) is 1.27. The Balaban J connectivity index is 3.08. The lowest BCUT2D eigenvalue weighted by Gasteiger charge is -2.15. The minimum absolute atomic E-state index is 0.375. The summed E-state index contributed by atoms with van der Waals surface area (Å²) in [4.78, 5) is 0. The highest BCUT2D eigenvalue weighted by molar-refractivity contribution is 6.31. The summed E-state index contributed by atoms with van der Waals surface area (Å²) in [7, 11) is 0. The molecule has 0 saturated heterocycles. The fourth-order valence-electron chi connectivity index (χ4n) is 1.11. The lowest BCUT2D eigenvalue weighted by molar-refractivity contribution is 0.164. The van der Waals surface area contributed by atoms with Crippen molar-refractivity contribution in [1.29, 1.82) is 5.26 Å². The number of halogens is 1. The van der Waals surface area contributed by atoms with Gasteiger partial charge < -0.3 is 10.8 Å². The van der Waals surface area contributed by atoms with Crippen molar-refractivity contribution in [3.8, 4) is 6.07 Å². The van der Waals surface area contributed by atoms with Gasteiger partial charge in [-0.15, -0.1) is 0 Å². The first-order valence-electron chi connectivity index (χ1n) is 4.19. The Morgan fingerprint density at radius 3 is 2.71 bits per heavy atom. The maximum atomic E-state index is 9.27. The Kier molecular flexibility index (Phi) is 3.48. The van der Waals surface area contributed by atoms with E-state index in [1.165, 1.54) is 0 Å². The molecular formula is C10H11ClN2O.